The molecule has 0 saturated carbocycles. The van der Waals surface area contributed by atoms with E-state index in [0.29, 0.717) is 6.42 Å². The molecular formula is C14H14N4O4. The van der Waals surface area contributed by atoms with Gasteiger partial charge in [0, 0.05) is 7.05 Å². The number of amides is 1. The van der Waals surface area contributed by atoms with Crippen molar-refractivity contribution in [3.63, 3.8) is 0 Å². The van der Waals surface area contributed by atoms with Gasteiger partial charge in [-0.1, -0.05) is 18.2 Å². The lowest BCUT2D eigenvalue weighted by Gasteiger charge is -2.24. The van der Waals surface area contributed by atoms with Gasteiger partial charge in [0.1, 0.15) is 18.6 Å². The summed E-state index contributed by atoms with van der Waals surface area (Å²) in [4.78, 5) is 22.7. The number of ether oxygens (including phenoxy) is 1. The van der Waals surface area contributed by atoms with Crippen LogP contribution in [0.1, 0.15) is 5.56 Å². The highest BCUT2D eigenvalue weighted by Crippen LogP contribution is 2.28. The van der Waals surface area contributed by atoms with E-state index in [1.807, 2.05) is 24.3 Å². The summed E-state index contributed by atoms with van der Waals surface area (Å²) in [5.74, 6) is 0.137. The second-order valence-corrected chi connectivity index (χ2v) is 5.07. The molecule has 2 heterocycles. The van der Waals surface area contributed by atoms with Crippen molar-refractivity contribution < 1.29 is 14.5 Å². The van der Waals surface area contributed by atoms with Crippen LogP contribution in [0, 0.1) is 16.0 Å². The summed E-state index contributed by atoms with van der Waals surface area (Å²) in [7, 11) is 1.54. The van der Waals surface area contributed by atoms with Gasteiger partial charge in [0.25, 0.3) is 0 Å². The number of nitro groups is 1. The van der Waals surface area contributed by atoms with E-state index >= 15 is 0 Å². The molecule has 1 N–H and O–H groups in total. The van der Waals surface area contributed by atoms with Gasteiger partial charge in [0.2, 0.25) is 11.7 Å². The second-order valence-electron chi connectivity index (χ2n) is 5.07. The molecule has 3 rings (SSSR count). The number of rotatable bonds is 3. The molecular weight excluding hydrogens is 288 g/mol. The van der Waals surface area contributed by atoms with Crippen molar-refractivity contribution in [2.24, 2.45) is 13.0 Å². The largest absolute Gasteiger partial charge is 0.492 e. The Morgan fingerprint density at radius 3 is 3.05 bits per heavy atom. The van der Waals surface area contributed by atoms with E-state index in [0.717, 1.165) is 17.5 Å². The smallest absolute Gasteiger partial charge is 0.331 e. The third-order valence-electron chi connectivity index (χ3n) is 3.61. The molecule has 1 amide bonds. The Bertz CT molecular complexity index is 740. The number of aromatic nitrogens is 2. The minimum Gasteiger partial charge on any atom is -0.492 e. The summed E-state index contributed by atoms with van der Waals surface area (Å²) >= 11 is 0. The first-order valence-corrected chi connectivity index (χ1v) is 6.74. The summed E-state index contributed by atoms with van der Waals surface area (Å²) in [6.07, 6.45) is 1.65. The van der Waals surface area contributed by atoms with Gasteiger partial charge < -0.3 is 10.1 Å². The van der Waals surface area contributed by atoms with Gasteiger partial charge in [0.05, 0.1) is 10.8 Å². The van der Waals surface area contributed by atoms with Gasteiger partial charge in [-0.3, -0.25) is 14.9 Å². The number of fused-ring (bicyclic) bond motifs is 1. The van der Waals surface area contributed by atoms with E-state index in [4.69, 9.17) is 4.74 Å². The molecule has 0 saturated heterocycles. The number of carbonyl (C=O) groups excluding carboxylic acids is 1. The quantitative estimate of drug-likeness (QED) is 0.684. The first-order chi connectivity index (χ1) is 10.6. The predicted molar refractivity (Wildman–Crippen MR) is 77.6 cm³/mol. The highest BCUT2D eigenvalue weighted by molar-refractivity contribution is 5.94. The summed E-state index contributed by atoms with van der Waals surface area (Å²) in [5.41, 5.74) is 0.724. The number of nitrogens with one attached hydrogen (secondary N) is 1. The number of hydrogen-bond acceptors (Lipinski definition) is 5. The van der Waals surface area contributed by atoms with Gasteiger partial charge in [-0.15, -0.1) is 0 Å². The molecule has 0 unspecified atom stereocenters. The maximum absolute atomic E-state index is 12.3. The van der Waals surface area contributed by atoms with Crippen LogP contribution in [0.15, 0.2) is 30.5 Å². The molecule has 1 aromatic carbocycles. The monoisotopic (exact) mass is 302 g/mol. The van der Waals surface area contributed by atoms with Crippen LogP contribution in [0.3, 0.4) is 0 Å². The van der Waals surface area contributed by atoms with Crippen LogP contribution in [-0.4, -0.2) is 27.2 Å². The van der Waals surface area contributed by atoms with Gasteiger partial charge in [0.15, 0.2) is 0 Å². The van der Waals surface area contributed by atoms with Crippen LogP contribution in [0.4, 0.5) is 11.5 Å². The van der Waals surface area contributed by atoms with Gasteiger partial charge in [-0.05, 0) is 18.1 Å². The zero-order valence-electron chi connectivity index (χ0n) is 11.9. The highest BCUT2D eigenvalue weighted by Gasteiger charge is 2.29. The molecule has 0 radical (unpaired) electrons. The lowest BCUT2D eigenvalue weighted by atomic mass is 9.96. The zero-order valence-corrected chi connectivity index (χ0v) is 11.9. The number of hydrogen-bond donors (Lipinski definition) is 1. The second kappa shape index (κ2) is 5.47. The first kappa shape index (κ1) is 14.1. The Kier molecular flexibility index (Phi) is 3.50. The SMILES string of the molecule is Cn1ncc([N+](=O)[O-])c1NC(=O)[C@H]1COc2ccccc2C1. The summed E-state index contributed by atoms with van der Waals surface area (Å²) < 4.78 is 6.84. The molecule has 8 nitrogen and oxygen atoms in total. The van der Waals surface area contributed by atoms with Crippen LogP contribution in [0.5, 0.6) is 5.75 Å². The van der Waals surface area contributed by atoms with Gasteiger partial charge in [-0.2, -0.15) is 5.10 Å². The molecule has 0 spiro atoms. The van der Waals surface area contributed by atoms with Crippen molar-refractivity contribution in [3.8, 4) is 5.75 Å². The van der Waals surface area contributed by atoms with E-state index in [2.05, 4.69) is 10.4 Å². The Morgan fingerprint density at radius 1 is 1.50 bits per heavy atom. The number of anilines is 1. The van der Waals surface area contributed by atoms with Crippen LogP contribution in [-0.2, 0) is 18.3 Å². The summed E-state index contributed by atoms with van der Waals surface area (Å²) in [6.45, 7) is 0.245. The average Bonchev–Trinajstić information content (AvgIpc) is 2.88. The number of carbonyl (C=O) groups is 1. The number of para-hydroxylation sites is 1. The first-order valence-electron chi connectivity index (χ1n) is 6.74. The maximum Gasteiger partial charge on any atom is 0.331 e. The lowest BCUT2D eigenvalue weighted by molar-refractivity contribution is -0.384. The Labute approximate surface area is 125 Å². The van der Waals surface area contributed by atoms with Crippen molar-refractivity contribution in [3.05, 3.63) is 46.1 Å². The van der Waals surface area contributed by atoms with Crippen molar-refractivity contribution in [1.29, 1.82) is 0 Å². The molecule has 2 aromatic rings. The predicted octanol–water partition coefficient (Wildman–Crippen LogP) is 1.52. The third kappa shape index (κ3) is 2.50. The fourth-order valence-electron chi connectivity index (χ4n) is 2.42. The molecule has 1 atom stereocenters. The molecule has 22 heavy (non-hydrogen) atoms. The minimum atomic E-state index is -0.574. The Morgan fingerprint density at radius 2 is 2.27 bits per heavy atom. The number of benzene rings is 1. The Balaban J connectivity index is 1.77. The minimum absolute atomic E-state index is 0.0776. The van der Waals surface area contributed by atoms with Crippen molar-refractivity contribution in [1.82, 2.24) is 9.78 Å². The normalized spacial score (nSPS) is 16.5. The molecule has 8 heteroatoms. The van der Waals surface area contributed by atoms with Crippen LogP contribution >= 0.6 is 0 Å². The summed E-state index contributed by atoms with van der Waals surface area (Å²) in [6, 6.07) is 7.52. The van der Waals surface area contributed by atoms with Gasteiger partial charge in [-0.25, -0.2) is 4.68 Å². The topological polar surface area (TPSA) is 99.3 Å². The zero-order chi connectivity index (χ0) is 15.7. The summed E-state index contributed by atoms with van der Waals surface area (Å²) in [5, 5.41) is 17.3. The van der Waals surface area contributed by atoms with Crippen molar-refractivity contribution in [2.75, 3.05) is 11.9 Å². The molecule has 0 bridgehead atoms. The Hall–Kier alpha value is -2.90. The molecule has 1 aromatic heterocycles. The van der Waals surface area contributed by atoms with Gasteiger partial charge >= 0.3 is 5.69 Å². The van der Waals surface area contributed by atoms with Crippen LogP contribution in [0.2, 0.25) is 0 Å². The van der Waals surface area contributed by atoms with E-state index in [9.17, 15) is 14.9 Å². The average molecular weight is 302 g/mol. The molecule has 1 aliphatic rings. The standard InChI is InChI=1S/C14H14N4O4/c1-17-13(11(7-15-17)18(20)21)16-14(19)10-6-9-4-2-3-5-12(9)22-8-10/h2-5,7,10H,6,8H2,1H3,(H,16,19)/t10-/m1/s1. The maximum atomic E-state index is 12.3. The van der Waals surface area contributed by atoms with E-state index < -0.39 is 10.8 Å². The third-order valence-corrected chi connectivity index (χ3v) is 3.61. The van der Waals surface area contributed by atoms with E-state index in [-0.39, 0.29) is 24.0 Å². The molecule has 0 aliphatic carbocycles. The number of aryl methyl sites for hydroxylation is 1. The van der Waals surface area contributed by atoms with Crippen LogP contribution in [0.25, 0.3) is 0 Å². The fraction of sp³-hybridized carbons (Fsp3) is 0.286. The van der Waals surface area contributed by atoms with Crippen LogP contribution < -0.4 is 10.1 Å². The molecule has 0 fully saturated rings. The van der Waals surface area contributed by atoms with Crippen molar-refractivity contribution in [2.45, 2.75) is 6.42 Å². The lowest BCUT2D eigenvalue weighted by Crippen LogP contribution is -2.33. The van der Waals surface area contributed by atoms with E-state index in [1.165, 1.54) is 11.7 Å². The fourth-order valence-corrected chi connectivity index (χ4v) is 2.42. The highest BCUT2D eigenvalue weighted by atomic mass is 16.6. The number of nitrogens with zero attached hydrogens (tertiary/aromatic N) is 3. The molecule has 114 valence electrons. The molecule has 1 aliphatic heterocycles. The van der Waals surface area contributed by atoms with E-state index in [1.54, 1.807) is 0 Å². The van der Waals surface area contributed by atoms with Crippen molar-refractivity contribution >= 4 is 17.4 Å².